The molecule has 0 bridgehead atoms. The minimum Gasteiger partial charge on any atom is -0.390 e. The molecule has 0 amide bonds. The smallest absolute Gasteiger partial charge is 0.152 e. The maximum atomic E-state index is 10.3. The normalized spacial score (nSPS) is 12.3. The number of aliphatic hydroxyl groups is 1. The number of nitrogens with zero attached hydrogens (tertiary/aromatic N) is 3. The van der Waals surface area contributed by atoms with Gasteiger partial charge < -0.3 is 15.6 Å². The molecule has 6 heteroatoms. The lowest BCUT2D eigenvalue weighted by molar-refractivity contribution is 0.0783. The lowest BCUT2D eigenvalue weighted by atomic mass is 9.99. The third-order valence-corrected chi connectivity index (χ3v) is 3.82. The molecule has 0 aliphatic heterocycles. The monoisotopic (exact) mass is 314 g/mol. The Bertz CT molecular complexity index is 849. The number of anilines is 1. The number of rotatable bonds is 5. The number of aromatic nitrogens is 3. The highest BCUT2D eigenvalue weighted by molar-refractivity contribution is 6.09. The highest BCUT2D eigenvalue weighted by Crippen LogP contribution is 2.32. The van der Waals surface area contributed by atoms with Gasteiger partial charge in [0.2, 0.25) is 0 Å². The van der Waals surface area contributed by atoms with E-state index in [4.69, 9.17) is 10.5 Å². The molecule has 2 aromatic heterocycles. The molecule has 3 rings (SSSR count). The summed E-state index contributed by atoms with van der Waals surface area (Å²) in [7, 11) is 1.66. The molecule has 6 nitrogen and oxygen atoms in total. The van der Waals surface area contributed by atoms with E-state index in [1.165, 1.54) is 0 Å². The first-order chi connectivity index (χ1) is 10.9. The maximum Gasteiger partial charge on any atom is 0.152 e. The Morgan fingerprint density at radius 2 is 2.04 bits per heavy atom. The highest BCUT2D eigenvalue weighted by atomic mass is 16.5. The molecule has 0 saturated carbocycles. The third kappa shape index (κ3) is 3.00. The van der Waals surface area contributed by atoms with Gasteiger partial charge in [0.15, 0.2) is 5.82 Å². The molecule has 122 valence electrons. The molecule has 0 atom stereocenters. The Hall–Kier alpha value is -2.18. The molecule has 0 aliphatic rings. The summed E-state index contributed by atoms with van der Waals surface area (Å²) >= 11 is 0. The van der Waals surface area contributed by atoms with Gasteiger partial charge in [0.05, 0.1) is 30.0 Å². The molecule has 23 heavy (non-hydrogen) atoms. The molecule has 3 N–H and O–H groups in total. The van der Waals surface area contributed by atoms with Crippen molar-refractivity contribution in [2.24, 2.45) is 0 Å². The fourth-order valence-electron chi connectivity index (χ4n) is 2.88. The van der Waals surface area contributed by atoms with Crippen LogP contribution >= 0.6 is 0 Å². The van der Waals surface area contributed by atoms with Crippen LogP contribution < -0.4 is 5.73 Å². The number of nitrogen functional groups attached to an aromatic ring is 1. The first-order valence-corrected chi connectivity index (χ1v) is 7.65. The van der Waals surface area contributed by atoms with E-state index in [9.17, 15) is 5.11 Å². The fraction of sp³-hybridized carbons (Fsp3) is 0.412. The zero-order valence-electron chi connectivity index (χ0n) is 13.7. The van der Waals surface area contributed by atoms with E-state index in [0.717, 1.165) is 22.0 Å². The van der Waals surface area contributed by atoms with Crippen molar-refractivity contribution in [3.05, 3.63) is 30.0 Å². The van der Waals surface area contributed by atoms with Crippen LogP contribution in [0, 0.1) is 0 Å². The van der Waals surface area contributed by atoms with Crippen molar-refractivity contribution in [1.82, 2.24) is 14.8 Å². The Morgan fingerprint density at radius 3 is 2.74 bits per heavy atom. The molecule has 1 aromatic carbocycles. The van der Waals surface area contributed by atoms with Gasteiger partial charge in [-0.3, -0.25) is 4.68 Å². The highest BCUT2D eigenvalue weighted by Gasteiger charge is 2.23. The van der Waals surface area contributed by atoms with Crippen LogP contribution in [0.4, 0.5) is 5.82 Å². The SMILES string of the molecule is COCCn1nc2c(N)nc3ccccc3c2c1CC(C)(C)O. The number of benzene rings is 1. The van der Waals surface area contributed by atoms with Crippen LogP contribution in [-0.4, -0.2) is 39.2 Å². The van der Waals surface area contributed by atoms with Crippen molar-refractivity contribution in [2.75, 3.05) is 19.5 Å². The predicted molar refractivity (Wildman–Crippen MR) is 91.3 cm³/mol. The number of hydrogen-bond donors (Lipinski definition) is 2. The van der Waals surface area contributed by atoms with Gasteiger partial charge >= 0.3 is 0 Å². The van der Waals surface area contributed by atoms with Crippen LogP contribution in [0.3, 0.4) is 0 Å². The largest absolute Gasteiger partial charge is 0.390 e. The number of fused-ring (bicyclic) bond motifs is 3. The van der Waals surface area contributed by atoms with Gasteiger partial charge in [-0.05, 0) is 19.9 Å². The first kappa shape index (κ1) is 15.7. The van der Waals surface area contributed by atoms with Gasteiger partial charge in [-0.25, -0.2) is 4.98 Å². The van der Waals surface area contributed by atoms with Gasteiger partial charge in [-0.2, -0.15) is 5.10 Å². The Labute approximate surface area is 134 Å². The maximum absolute atomic E-state index is 10.3. The van der Waals surface area contributed by atoms with Crippen LogP contribution in [0.5, 0.6) is 0 Å². The van der Waals surface area contributed by atoms with E-state index in [2.05, 4.69) is 10.1 Å². The number of ether oxygens (including phenoxy) is 1. The molecular weight excluding hydrogens is 292 g/mol. The predicted octanol–water partition coefficient (Wildman–Crippen LogP) is 2.13. The van der Waals surface area contributed by atoms with Gasteiger partial charge in [0, 0.05) is 24.3 Å². The van der Waals surface area contributed by atoms with Crippen molar-refractivity contribution >= 4 is 27.6 Å². The van der Waals surface area contributed by atoms with Crippen LogP contribution in [0.15, 0.2) is 24.3 Å². The van der Waals surface area contributed by atoms with Gasteiger partial charge in [-0.15, -0.1) is 0 Å². The number of methoxy groups -OCH3 is 1. The standard InChI is InChI=1S/C17H22N4O2/c1-17(2,22)10-13-14-11-6-4-5-7-12(11)19-16(18)15(14)20-21(13)8-9-23-3/h4-7,22H,8-10H2,1-3H3,(H2,18,19). The number of para-hydroxylation sites is 1. The molecule has 3 aromatic rings. The summed E-state index contributed by atoms with van der Waals surface area (Å²) in [6.07, 6.45) is 0.473. The molecule has 0 fully saturated rings. The molecule has 0 aliphatic carbocycles. The molecule has 0 unspecified atom stereocenters. The van der Waals surface area contributed by atoms with Crippen molar-refractivity contribution in [3.63, 3.8) is 0 Å². The van der Waals surface area contributed by atoms with Gasteiger partial charge in [-0.1, -0.05) is 18.2 Å². The Morgan fingerprint density at radius 1 is 1.30 bits per heavy atom. The molecule has 0 saturated heterocycles. The summed E-state index contributed by atoms with van der Waals surface area (Å²) in [4.78, 5) is 4.44. The van der Waals surface area contributed by atoms with Crippen molar-refractivity contribution < 1.29 is 9.84 Å². The minimum atomic E-state index is -0.850. The second kappa shape index (κ2) is 5.79. The van der Waals surface area contributed by atoms with Crippen molar-refractivity contribution in [2.45, 2.75) is 32.4 Å². The average Bonchev–Trinajstić information content (AvgIpc) is 2.83. The topological polar surface area (TPSA) is 86.2 Å². The van der Waals surface area contributed by atoms with E-state index in [-0.39, 0.29) is 0 Å². The van der Waals surface area contributed by atoms with Crippen molar-refractivity contribution in [1.29, 1.82) is 0 Å². The number of nitrogens with two attached hydrogens (primary N) is 1. The second-order valence-corrected chi connectivity index (χ2v) is 6.39. The van der Waals surface area contributed by atoms with Gasteiger partial charge in [0.1, 0.15) is 5.52 Å². The average molecular weight is 314 g/mol. The zero-order chi connectivity index (χ0) is 16.6. The van der Waals surface area contributed by atoms with E-state index in [1.54, 1.807) is 21.0 Å². The molecule has 2 heterocycles. The summed E-state index contributed by atoms with van der Waals surface area (Å²) in [6.45, 7) is 4.72. The Balaban J connectivity index is 2.32. The fourth-order valence-corrected chi connectivity index (χ4v) is 2.88. The minimum absolute atomic E-state index is 0.409. The quantitative estimate of drug-likeness (QED) is 0.753. The van der Waals surface area contributed by atoms with E-state index in [1.807, 2.05) is 28.9 Å². The summed E-state index contributed by atoms with van der Waals surface area (Å²) < 4.78 is 7.05. The van der Waals surface area contributed by atoms with E-state index >= 15 is 0 Å². The van der Waals surface area contributed by atoms with Crippen LogP contribution in [0.1, 0.15) is 19.5 Å². The third-order valence-electron chi connectivity index (χ3n) is 3.82. The number of hydrogen-bond acceptors (Lipinski definition) is 5. The summed E-state index contributed by atoms with van der Waals surface area (Å²) in [6, 6.07) is 7.86. The zero-order valence-corrected chi connectivity index (χ0v) is 13.7. The lowest BCUT2D eigenvalue weighted by Crippen LogP contribution is -2.24. The van der Waals surface area contributed by atoms with Crippen LogP contribution in [0.25, 0.3) is 21.8 Å². The summed E-state index contributed by atoms with van der Waals surface area (Å²) in [5.41, 5.74) is 7.73. The van der Waals surface area contributed by atoms with Gasteiger partial charge in [0.25, 0.3) is 0 Å². The number of pyridine rings is 1. The molecule has 0 radical (unpaired) electrons. The Kier molecular flexibility index (Phi) is 3.95. The van der Waals surface area contributed by atoms with E-state index < -0.39 is 5.60 Å². The van der Waals surface area contributed by atoms with Crippen LogP contribution in [-0.2, 0) is 17.7 Å². The second-order valence-electron chi connectivity index (χ2n) is 6.39. The first-order valence-electron chi connectivity index (χ1n) is 7.65. The summed E-state index contributed by atoms with van der Waals surface area (Å²) in [5.74, 6) is 0.409. The lowest BCUT2D eigenvalue weighted by Gasteiger charge is -2.18. The van der Waals surface area contributed by atoms with Crippen molar-refractivity contribution in [3.8, 4) is 0 Å². The van der Waals surface area contributed by atoms with Crippen LogP contribution in [0.2, 0.25) is 0 Å². The summed E-state index contributed by atoms with van der Waals surface area (Å²) in [5, 5.41) is 16.9. The molecule has 0 spiro atoms. The molecular formula is C17H22N4O2. The van der Waals surface area contributed by atoms with E-state index in [0.29, 0.717) is 30.9 Å².